The number of nitrogens with one attached hydrogen (secondary N) is 1. The van der Waals surface area contributed by atoms with Gasteiger partial charge < -0.3 is 13.9 Å². The molecule has 1 N–H and O–H groups in total. The monoisotopic (exact) mass is 433 g/mol. The highest BCUT2D eigenvalue weighted by Crippen LogP contribution is 2.29. The first-order valence-electron chi connectivity index (χ1n) is 10.3. The van der Waals surface area contributed by atoms with Crippen LogP contribution in [0.15, 0.2) is 77.2 Å². The van der Waals surface area contributed by atoms with E-state index in [1.54, 1.807) is 19.2 Å². The van der Waals surface area contributed by atoms with E-state index in [0.717, 1.165) is 16.7 Å². The summed E-state index contributed by atoms with van der Waals surface area (Å²) >= 11 is 0. The second-order valence-corrected chi connectivity index (χ2v) is 7.10. The molecule has 0 amide bonds. The largest absolute Gasteiger partial charge is 0.493 e. The highest BCUT2D eigenvalue weighted by atomic mass is 19.1. The quantitative estimate of drug-likeness (QED) is 0.393. The Balaban J connectivity index is 1.60. The normalized spacial score (nSPS) is 11.8. The molecule has 0 radical (unpaired) electrons. The number of rotatable bonds is 9. The Morgan fingerprint density at radius 3 is 2.47 bits per heavy atom. The van der Waals surface area contributed by atoms with E-state index in [1.807, 2.05) is 55.5 Å². The molecule has 4 rings (SSSR count). The minimum Gasteiger partial charge on any atom is -0.493 e. The SMILES string of the molecule is CCOc1ccc(CN[C@H](c2ccc(F)cc2)c2nnc(-c3ccccc3)o2)cc1OC. The van der Waals surface area contributed by atoms with Gasteiger partial charge in [0.05, 0.1) is 13.7 Å². The van der Waals surface area contributed by atoms with E-state index in [1.165, 1.54) is 12.1 Å². The minimum absolute atomic E-state index is 0.306. The first kappa shape index (κ1) is 21.5. The van der Waals surface area contributed by atoms with Crippen molar-refractivity contribution in [3.05, 3.63) is 95.6 Å². The molecule has 6 nitrogen and oxygen atoms in total. The van der Waals surface area contributed by atoms with E-state index in [4.69, 9.17) is 13.9 Å². The fourth-order valence-electron chi connectivity index (χ4n) is 3.37. The molecule has 0 saturated heterocycles. The lowest BCUT2D eigenvalue weighted by molar-refractivity contribution is 0.310. The number of nitrogens with zero attached hydrogens (tertiary/aromatic N) is 2. The Hall–Kier alpha value is -3.71. The van der Waals surface area contributed by atoms with E-state index in [9.17, 15) is 4.39 Å². The minimum atomic E-state index is -0.418. The fraction of sp³-hybridized carbons (Fsp3) is 0.200. The van der Waals surface area contributed by atoms with Gasteiger partial charge in [0.15, 0.2) is 11.5 Å². The summed E-state index contributed by atoms with van der Waals surface area (Å²) in [4.78, 5) is 0. The molecule has 32 heavy (non-hydrogen) atoms. The van der Waals surface area contributed by atoms with Gasteiger partial charge in [0.25, 0.3) is 0 Å². The van der Waals surface area contributed by atoms with Crippen LogP contribution in [0.5, 0.6) is 11.5 Å². The van der Waals surface area contributed by atoms with Gasteiger partial charge in [-0.25, -0.2) is 4.39 Å². The Kier molecular flexibility index (Phi) is 6.77. The molecule has 0 aliphatic heterocycles. The maximum atomic E-state index is 13.5. The van der Waals surface area contributed by atoms with Crippen LogP contribution < -0.4 is 14.8 Å². The molecule has 0 bridgehead atoms. The molecule has 1 atom stereocenters. The standard InChI is InChI=1S/C25H24FN3O3/c1-3-31-21-14-9-17(15-22(21)30-2)16-27-23(18-10-12-20(26)13-11-18)25-29-28-24(32-25)19-7-5-4-6-8-19/h4-15,23,27H,3,16H2,1-2H3/t23-/m1/s1. The van der Waals surface area contributed by atoms with Gasteiger partial charge >= 0.3 is 0 Å². The van der Waals surface area contributed by atoms with Gasteiger partial charge in [0, 0.05) is 12.1 Å². The van der Waals surface area contributed by atoms with Gasteiger partial charge in [-0.3, -0.25) is 5.32 Å². The smallest absolute Gasteiger partial charge is 0.247 e. The van der Waals surface area contributed by atoms with Gasteiger partial charge in [0.2, 0.25) is 11.8 Å². The van der Waals surface area contributed by atoms with Crippen LogP contribution in [-0.4, -0.2) is 23.9 Å². The van der Waals surface area contributed by atoms with Gasteiger partial charge in [0.1, 0.15) is 11.9 Å². The van der Waals surface area contributed by atoms with Crippen molar-refractivity contribution in [1.82, 2.24) is 15.5 Å². The Morgan fingerprint density at radius 1 is 0.969 bits per heavy atom. The third-order valence-electron chi connectivity index (χ3n) is 4.95. The van der Waals surface area contributed by atoms with Gasteiger partial charge in [-0.05, 0) is 54.4 Å². The molecular weight excluding hydrogens is 409 g/mol. The molecule has 1 aromatic heterocycles. The average Bonchev–Trinajstić information content (AvgIpc) is 3.32. The van der Waals surface area contributed by atoms with Crippen LogP contribution in [-0.2, 0) is 6.54 Å². The third-order valence-corrected chi connectivity index (χ3v) is 4.95. The number of hydrogen-bond donors (Lipinski definition) is 1. The number of methoxy groups -OCH3 is 1. The Labute approximate surface area is 186 Å². The van der Waals surface area contributed by atoms with Crippen molar-refractivity contribution < 1.29 is 18.3 Å². The average molecular weight is 433 g/mol. The number of ether oxygens (including phenoxy) is 2. The summed E-state index contributed by atoms with van der Waals surface area (Å²) in [5.74, 6) is 1.87. The molecule has 0 unspecified atom stereocenters. The molecular formula is C25H24FN3O3. The van der Waals surface area contributed by atoms with E-state index < -0.39 is 6.04 Å². The summed E-state index contributed by atoms with van der Waals surface area (Å²) in [6, 6.07) is 21.1. The van der Waals surface area contributed by atoms with Crippen LogP contribution in [0.25, 0.3) is 11.5 Å². The van der Waals surface area contributed by atoms with Crippen LogP contribution in [0.3, 0.4) is 0 Å². The number of hydrogen-bond acceptors (Lipinski definition) is 6. The van der Waals surface area contributed by atoms with Crippen LogP contribution in [0, 0.1) is 5.82 Å². The lowest BCUT2D eigenvalue weighted by Gasteiger charge is -2.17. The van der Waals surface area contributed by atoms with E-state index in [2.05, 4.69) is 15.5 Å². The van der Waals surface area contributed by atoms with E-state index >= 15 is 0 Å². The maximum Gasteiger partial charge on any atom is 0.247 e. The molecule has 0 aliphatic rings. The van der Waals surface area contributed by atoms with Gasteiger partial charge in [-0.15, -0.1) is 10.2 Å². The van der Waals surface area contributed by atoms with Crippen molar-refractivity contribution in [1.29, 1.82) is 0 Å². The van der Waals surface area contributed by atoms with Crippen molar-refractivity contribution in [2.24, 2.45) is 0 Å². The molecule has 0 aliphatic carbocycles. The molecule has 1 heterocycles. The lowest BCUT2D eigenvalue weighted by atomic mass is 10.1. The maximum absolute atomic E-state index is 13.5. The summed E-state index contributed by atoms with van der Waals surface area (Å²) in [5, 5.41) is 11.9. The zero-order valence-electron chi connectivity index (χ0n) is 17.9. The molecule has 4 aromatic rings. The zero-order valence-corrected chi connectivity index (χ0v) is 17.9. The van der Waals surface area contributed by atoms with Crippen LogP contribution >= 0.6 is 0 Å². The van der Waals surface area contributed by atoms with Crippen molar-refractivity contribution in [2.75, 3.05) is 13.7 Å². The van der Waals surface area contributed by atoms with E-state index in [-0.39, 0.29) is 5.82 Å². The van der Waals surface area contributed by atoms with Crippen LogP contribution in [0.1, 0.15) is 30.0 Å². The summed E-state index contributed by atoms with van der Waals surface area (Å²) in [6.07, 6.45) is 0. The summed E-state index contributed by atoms with van der Waals surface area (Å²) in [5.41, 5.74) is 2.63. The Morgan fingerprint density at radius 2 is 1.75 bits per heavy atom. The second-order valence-electron chi connectivity index (χ2n) is 7.10. The summed E-state index contributed by atoms with van der Waals surface area (Å²) < 4.78 is 30.5. The number of halogens is 1. The van der Waals surface area contributed by atoms with Crippen LogP contribution in [0.2, 0.25) is 0 Å². The molecule has 3 aromatic carbocycles. The first-order chi connectivity index (χ1) is 15.7. The molecule has 0 spiro atoms. The van der Waals surface area contributed by atoms with Crippen molar-refractivity contribution >= 4 is 0 Å². The van der Waals surface area contributed by atoms with Crippen molar-refractivity contribution in [3.8, 4) is 23.0 Å². The van der Waals surface area contributed by atoms with Crippen molar-refractivity contribution in [2.45, 2.75) is 19.5 Å². The van der Waals surface area contributed by atoms with Crippen LogP contribution in [0.4, 0.5) is 4.39 Å². The summed E-state index contributed by atoms with van der Waals surface area (Å²) in [7, 11) is 1.61. The first-order valence-corrected chi connectivity index (χ1v) is 10.3. The fourth-order valence-corrected chi connectivity index (χ4v) is 3.37. The zero-order chi connectivity index (χ0) is 22.3. The summed E-state index contributed by atoms with van der Waals surface area (Å²) in [6.45, 7) is 2.98. The topological polar surface area (TPSA) is 69.4 Å². The second kappa shape index (κ2) is 10.1. The number of aromatic nitrogens is 2. The highest BCUT2D eigenvalue weighted by molar-refractivity contribution is 5.52. The van der Waals surface area contributed by atoms with Gasteiger partial charge in [-0.2, -0.15) is 0 Å². The molecule has 0 fully saturated rings. The van der Waals surface area contributed by atoms with Gasteiger partial charge in [-0.1, -0.05) is 36.4 Å². The lowest BCUT2D eigenvalue weighted by Crippen LogP contribution is -2.22. The highest BCUT2D eigenvalue weighted by Gasteiger charge is 2.21. The molecule has 0 saturated carbocycles. The Bertz CT molecular complexity index is 1150. The predicted octanol–water partition coefficient (Wildman–Crippen LogP) is 5.16. The molecule has 7 heteroatoms. The third kappa shape index (κ3) is 4.95. The number of benzene rings is 3. The van der Waals surface area contributed by atoms with Crippen molar-refractivity contribution in [3.63, 3.8) is 0 Å². The molecule has 164 valence electrons. The van der Waals surface area contributed by atoms with E-state index in [0.29, 0.717) is 36.4 Å². The predicted molar refractivity (Wildman–Crippen MR) is 119 cm³/mol.